The zero-order chi connectivity index (χ0) is 21.7. The SMILES string of the molecule is CCn1c(NC(=O)COc2ccc(Cl)cc2C2CCCCC2)c(NC)c(=O)[nH]c1=O. The molecule has 0 radical (unpaired) electrons. The van der Waals surface area contributed by atoms with E-state index in [9.17, 15) is 14.4 Å². The van der Waals surface area contributed by atoms with Crippen LogP contribution in [-0.2, 0) is 11.3 Å². The average Bonchev–Trinajstić information content (AvgIpc) is 2.73. The number of H-pyrrole nitrogens is 1. The third-order valence-corrected chi connectivity index (χ3v) is 5.63. The molecule has 0 unspecified atom stereocenters. The Kier molecular flexibility index (Phi) is 7.20. The standard InChI is InChI=1S/C21H27ClN4O4/c1-3-26-19(18(23-2)20(28)25-21(26)29)24-17(27)12-30-16-10-9-14(22)11-15(16)13-7-5-4-6-8-13/h9-11,13,23H,3-8,12H2,1-2H3,(H,24,27)(H,25,28,29). The van der Waals surface area contributed by atoms with Crippen LogP contribution in [0.5, 0.6) is 5.75 Å². The summed E-state index contributed by atoms with van der Waals surface area (Å²) in [6, 6.07) is 5.44. The molecule has 3 N–H and O–H groups in total. The van der Waals surface area contributed by atoms with Gasteiger partial charge in [0.15, 0.2) is 6.61 Å². The van der Waals surface area contributed by atoms with E-state index >= 15 is 0 Å². The minimum Gasteiger partial charge on any atom is -0.483 e. The molecule has 8 nitrogen and oxygen atoms in total. The van der Waals surface area contributed by atoms with E-state index in [1.807, 2.05) is 6.07 Å². The van der Waals surface area contributed by atoms with Crippen molar-refractivity contribution in [1.82, 2.24) is 9.55 Å². The second-order valence-electron chi connectivity index (χ2n) is 7.33. The molecule has 1 saturated carbocycles. The van der Waals surface area contributed by atoms with Crippen molar-refractivity contribution >= 4 is 29.0 Å². The molecule has 0 saturated heterocycles. The van der Waals surface area contributed by atoms with Crippen LogP contribution >= 0.6 is 11.6 Å². The Morgan fingerprint density at radius 2 is 2.00 bits per heavy atom. The van der Waals surface area contributed by atoms with Crippen molar-refractivity contribution in [1.29, 1.82) is 0 Å². The van der Waals surface area contributed by atoms with Gasteiger partial charge in [0.2, 0.25) is 0 Å². The van der Waals surface area contributed by atoms with Gasteiger partial charge < -0.3 is 15.4 Å². The lowest BCUT2D eigenvalue weighted by molar-refractivity contribution is -0.118. The van der Waals surface area contributed by atoms with Crippen molar-refractivity contribution in [3.8, 4) is 5.75 Å². The molecule has 30 heavy (non-hydrogen) atoms. The van der Waals surface area contributed by atoms with Crippen molar-refractivity contribution < 1.29 is 9.53 Å². The van der Waals surface area contributed by atoms with Gasteiger partial charge in [0.1, 0.15) is 17.3 Å². The minimum absolute atomic E-state index is 0.110. The molecule has 3 rings (SSSR count). The Labute approximate surface area is 179 Å². The lowest BCUT2D eigenvalue weighted by Crippen LogP contribution is -2.35. The number of carbonyl (C=O) groups is 1. The highest BCUT2D eigenvalue weighted by Gasteiger charge is 2.21. The molecule has 1 heterocycles. The van der Waals surface area contributed by atoms with Crippen molar-refractivity contribution in [2.24, 2.45) is 0 Å². The van der Waals surface area contributed by atoms with Crippen LogP contribution in [0.4, 0.5) is 11.5 Å². The maximum Gasteiger partial charge on any atom is 0.330 e. The molecule has 1 aromatic carbocycles. The van der Waals surface area contributed by atoms with Crippen molar-refractivity contribution in [2.45, 2.75) is 51.5 Å². The van der Waals surface area contributed by atoms with Gasteiger partial charge in [-0.25, -0.2) is 4.79 Å². The highest BCUT2D eigenvalue weighted by atomic mass is 35.5. The molecule has 0 bridgehead atoms. The molecule has 162 valence electrons. The first-order chi connectivity index (χ1) is 14.4. The molecule has 9 heteroatoms. The topological polar surface area (TPSA) is 105 Å². The molecule has 1 aliphatic rings. The number of benzene rings is 1. The number of carbonyl (C=O) groups excluding carboxylic acids is 1. The summed E-state index contributed by atoms with van der Waals surface area (Å²) in [6.45, 7) is 1.77. The van der Waals surface area contributed by atoms with E-state index in [-0.39, 0.29) is 24.7 Å². The zero-order valence-corrected chi connectivity index (χ0v) is 18.0. The third kappa shape index (κ3) is 4.87. The fourth-order valence-electron chi connectivity index (χ4n) is 3.93. The van der Waals surface area contributed by atoms with Crippen molar-refractivity contribution in [2.75, 3.05) is 24.3 Å². The summed E-state index contributed by atoms with van der Waals surface area (Å²) in [5.41, 5.74) is -0.0533. The van der Waals surface area contributed by atoms with Gasteiger partial charge in [-0.15, -0.1) is 0 Å². The fourth-order valence-corrected chi connectivity index (χ4v) is 4.11. The number of nitrogens with zero attached hydrogens (tertiary/aromatic N) is 1. The lowest BCUT2D eigenvalue weighted by Gasteiger charge is -2.24. The number of nitrogens with one attached hydrogen (secondary N) is 3. The van der Waals surface area contributed by atoms with Crippen LogP contribution in [0.15, 0.2) is 27.8 Å². The minimum atomic E-state index is -0.597. The van der Waals surface area contributed by atoms with Gasteiger partial charge >= 0.3 is 5.69 Å². The normalized spacial score (nSPS) is 14.4. The number of hydrogen-bond acceptors (Lipinski definition) is 5. The van der Waals surface area contributed by atoms with Gasteiger partial charge in [-0.1, -0.05) is 30.9 Å². The van der Waals surface area contributed by atoms with E-state index < -0.39 is 17.2 Å². The Hall–Kier alpha value is -2.74. The Bertz CT molecular complexity index is 988. The molecule has 0 aliphatic heterocycles. The highest BCUT2D eigenvalue weighted by Crippen LogP contribution is 2.38. The van der Waals surface area contributed by atoms with E-state index in [1.165, 1.54) is 23.8 Å². The van der Waals surface area contributed by atoms with Crippen LogP contribution in [-0.4, -0.2) is 29.1 Å². The van der Waals surface area contributed by atoms with E-state index in [1.54, 1.807) is 26.1 Å². The van der Waals surface area contributed by atoms with Crippen molar-refractivity contribution in [3.63, 3.8) is 0 Å². The van der Waals surface area contributed by atoms with Gasteiger partial charge in [0, 0.05) is 18.6 Å². The molecule has 1 amide bonds. The maximum absolute atomic E-state index is 12.6. The Morgan fingerprint density at radius 3 is 2.67 bits per heavy atom. The number of halogens is 1. The van der Waals surface area contributed by atoms with Crippen LogP contribution in [0.3, 0.4) is 0 Å². The summed E-state index contributed by atoms with van der Waals surface area (Å²) in [7, 11) is 1.55. The quantitative estimate of drug-likeness (QED) is 0.620. The summed E-state index contributed by atoms with van der Waals surface area (Å²) in [6.07, 6.45) is 5.72. The fraction of sp³-hybridized carbons (Fsp3) is 0.476. The number of ether oxygens (including phenoxy) is 1. The number of amides is 1. The molecule has 1 aromatic heterocycles. The predicted octanol–water partition coefficient (Wildman–Crippen LogP) is 3.32. The van der Waals surface area contributed by atoms with Gasteiger partial charge in [0.25, 0.3) is 11.5 Å². The lowest BCUT2D eigenvalue weighted by atomic mass is 9.84. The maximum atomic E-state index is 12.6. The molecule has 0 atom stereocenters. The van der Waals surface area contributed by atoms with Crippen molar-refractivity contribution in [3.05, 3.63) is 49.6 Å². The average molecular weight is 435 g/mol. The van der Waals surface area contributed by atoms with Gasteiger partial charge in [-0.3, -0.25) is 19.1 Å². The van der Waals surface area contributed by atoms with Crippen LogP contribution in [0.2, 0.25) is 5.02 Å². The third-order valence-electron chi connectivity index (χ3n) is 5.40. The largest absolute Gasteiger partial charge is 0.483 e. The number of anilines is 2. The number of aromatic nitrogens is 2. The van der Waals surface area contributed by atoms with E-state index in [4.69, 9.17) is 16.3 Å². The first kappa shape index (κ1) is 22.0. The van der Waals surface area contributed by atoms with E-state index in [2.05, 4.69) is 15.6 Å². The summed E-state index contributed by atoms with van der Waals surface area (Å²) in [4.78, 5) is 38.9. The van der Waals surface area contributed by atoms with Crippen LogP contribution in [0.1, 0.15) is 50.5 Å². The van der Waals surface area contributed by atoms with E-state index in [0.717, 1.165) is 18.4 Å². The van der Waals surface area contributed by atoms with Gasteiger partial charge in [-0.2, -0.15) is 0 Å². The predicted molar refractivity (Wildman–Crippen MR) is 118 cm³/mol. The van der Waals surface area contributed by atoms with Gasteiger partial charge in [0.05, 0.1) is 0 Å². The highest BCUT2D eigenvalue weighted by molar-refractivity contribution is 6.30. The first-order valence-electron chi connectivity index (χ1n) is 10.2. The Morgan fingerprint density at radius 1 is 1.27 bits per heavy atom. The smallest absolute Gasteiger partial charge is 0.330 e. The number of hydrogen-bond donors (Lipinski definition) is 3. The molecule has 0 spiro atoms. The molecule has 1 fully saturated rings. The van der Waals surface area contributed by atoms with Gasteiger partial charge in [-0.05, 0) is 49.4 Å². The zero-order valence-electron chi connectivity index (χ0n) is 17.2. The Balaban J connectivity index is 1.78. The summed E-state index contributed by atoms with van der Waals surface area (Å²) in [5.74, 6) is 0.646. The van der Waals surface area contributed by atoms with Crippen LogP contribution < -0.4 is 26.6 Å². The molecular weight excluding hydrogens is 408 g/mol. The monoisotopic (exact) mass is 434 g/mol. The van der Waals surface area contributed by atoms with Crippen LogP contribution in [0, 0.1) is 0 Å². The summed E-state index contributed by atoms with van der Waals surface area (Å²) < 4.78 is 7.10. The molecule has 1 aliphatic carbocycles. The summed E-state index contributed by atoms with van der Waals surface area (Å²) >= 11 is 6.20. The molecule has 2 aromatic rings. The second-order valence-corrected chi connectivity index (χ2v) is 7.77. The second kappa shape index (κ2) is 9.84. The summed E-state index contributed by atoms with van der Waals surface area (Å²) in [5, 5.41) is 6.00. The number of aromatic amines is 1. The van der Waals surface area contributed by atoms with E-state index in [0.29, 0.717) is 16.7 Å². The number of rotatable bonds is 7. The molecular formula is C21H27ClN4O4. The van der Waals surface area contributed by atoms with Crippen LogP contribution in [0.25, 0.3) is 0 Å². The first-order valence-corrected chi connectivity index (χ1v) is 10.6.